The average molecular weight is 417 g/mol. The number of ether oxygens (including phenoxy) is 1. The minimum Gasteiger partial charge on any atom is -0.497 e. The molecule has 2 aliphatic carbocycles. The third-order valence-electron chi connectivity index (χ3n) is 8.12. The Morgan fingerprint density at radius 3 is 2.80 bits per heavy atom. The molecule has 1 aromatic carbocycles. The van der Waals surface area contributed by atoms with E-state index in [0.29, 0.717) is 38.0 Å². The van der Waals surface area contributed by atoms with Crippen LogP contribution < -0.4 is 15.4 Å². The van der Waals surface area contributed by atoms with Crippen molar-refractivity contribution in [3.8, 4) is 5.75 Å². The van der Waals surface area contributed by atoms with Gasteiger partial charge in [-0.25, -0.2) is 9.18 Å². The van der Waals surface area contributed by atoms with Gasteiger partial charge in [-0.1, -0.05) is 6.07 Å². The summed E-state index contributed by atoms with van der Waals surface area (Å²) in [5.74, 6) is 0.587. The molecule has 2 aliphatic heterocycles. The van der Waals surface area contributed by atoms with Crippen molar-refractivity contribution in [3.05, 3.63) is 29.3 Å². The second-order valence-corrected chi connectivity index (χ2v) is 9.45. The number of methoxy groups -OCH3 is 1. The molecule has 5 rings (SSSR count). The summed E-state index contributed by atoms with van der Waals surface area (Å²) in [4.78, 5) is 26.9. The van der Waals surface area contributed by atoms with E-state index in [4.69, 9.17) is 4.74 Å². The minimum absolute atomic E-state index is 0.142. The van der Waals surface area contributed by atoms with Crippen LogP contribution >= 0.6 is 0 Å². The molecular weight excluding hydrogens is 389 g/mol. The van der Waals surface area contributed by atoms with Crippen LogP contribution in [-0.4, -0.2) is 66.0 Å². The zero-order valence-corrected chi connectivity index (χ0v) is 17.3. The number of nitrogens with zero attached hydrogens (tertiary/aromatic N) is 1. The lowest BCUT2D eigenvalue weighted by Gasteiger charge is -2.57. The van der Waals surface area contributed by atoms with Crippen LogP contribution in [-0.2, 0) is 10.2 Å². The first-order chi connectivity index (χ1) is 14.3. The lowest BCUT2D eigenvalue weighted by atomic mass is 9.55. The maximum absolute atomic E-state index is 13.1. The molecular formula is C22H28FN3O4. The van der Waals surface area contributed by atoms with Crippen molar-refractivity contribution < 1.29 is 23.8 Å². The zero-order chi connectivity index (χ0) is 21.3. The average Bonchev–Trinajstić information content (AvgIpc) is 3.07. The van der Waals surface area contributed by atoms with Crippen LogP contribution in [0.25, 0.3) is 0 Å². The highest BCUT2D eigenvalue weighted by Crippen LogP contribution is 2.65. The predicted octanol–water partition coefficient (Wildman–Crippen LogP) is 1.41. The smallest absolute Gasteiger partial charge is 0.322 e. The molecule has 1 aromatic rings. The first-order valence-corrected chi connectivity index (χ1v) is 10.6. The maximum atomic E-state index is 13.1. The Morgan fingerprint density at radius 1 is 1.33 bits per heavy atom. The van der Waals surface area contributed by atoms with E-state index in [2.05, 4.69) is 10.6 Å². The van der Waals surface area contributed by atoms with E-state index < -0.39 is 29.3 Å². The van der Waals surface area contributed by atoms with Gasteiger partial charge in [-0.3, -0.25) is 15.0 Å². The van der Waals surface area contributed by atoms with Gasteiger partial charge in [-0.05, 0) is 61.8 Å². The summed E-state index contributed by atoms with van der Waals surface area (Å²) in [6.45, 7) is 2.59. The molecule has 0 bridgehead atoms. The Kier molecular flexibility index (Phi) is 4.22. The number of urea groups is 1. The van der Waals surface area contributed by atoms with Gasteiger partial charge in [0, 0.05) is 24.5 Å². The third-order valence-corrected chi connectivity index (χ3v) is 8.12. The van der Waals surface area contributed by atoms with Gasteiger partial charge in [-0.15, -0.1) is 0 Å². The third kappa shape index (κ3) is 2.37. The van der Waals surface area contributed by atoms with Gasteiger partial charge in [0.15, 0.2) is 0 Å². The number of hydrogen-bond donors (Lipinski definition) is 3. The summed E-state index contributed by atoms with van der Waals surface area (Å²) in [5.41, 5.74) is -0.922. The van der Waals surface area contributed by atoms with Crippen molar-refractivity contribution in [1.82, 2.24) is 15.5 Å². The summed E-state index contributed by atoms with van der Waals surface area (Å²) in [6.07, 6.45) is 1.73. The highest BCUT2D eigenvalue weighted by molar-refractivity contribution is 6.07. The molecule has 0 radical (unpaired) electrons. The van der Waals surface area contributed by atoms with E-state index in [1.54, 1.807) is 7.11 Å². The second kappa shape index (κ2) is 6.40. The standard InChI is InChI=1S/C22H28FN3O4/c1-13-3-4-15(30-2)9-16(13)20-10-14-11-26(8-7-23)17(14)22(20,29)6-5-21(12-20)18(27)24-19(28)25-21/h3-4,9,14,17,29H,5-8,10-12H2,1-2H3,(H2,24,25,27,28). The molecule has 5 atom stereocenters. The number of benzene rings is 1. The van der Waals surface area contributed by atoms with Crippen molar-refractivity contribution in [2.24, 2.45) is 5.92 Å². The van der Waals surface area contributed by atoms with Crippen LogP contribution in [0, 0.1) is 12.8 Å². The molecule has 4 aliphatic rings. The van der Waals surface area contributed by atoms with Crippen LogP contribution in [0.3, 0.4) is 0 Å². The number of carbonyl (C=O) groups excluding carboxylic acids is 2. The quantitative estimate of drug-likeness (QED) is 0.645. The molecule has 162 valence electrons. The van der Waals surface area contributed by atoms with Crippen LogP contribution in [0.1, 0.15) is 36.8 Å². The van der Waals surface area contributed by atoms with E-state index in [0.717, 1.165) is 17.7 Å². The fourth-order valence-electron chi connectivity index (χ4n) is 6.92. The van der Waals surface area contributed by atoms with Crippen molar-refractivity contribution in [2.75, 3.05) is 26.9 Å². The number of aryl methyl sites for hydroxylation is 1. The molecule has 5 unspecified atom stereocenters. The molecule has 4 fully saturated rings. The van der Waals surface area contributed by atoms with Crippen molar-refractivity contribution in [2.45, 2.75) is 55.2 Å². The summed E-state index contributed by atoms with van der Waals surface area (Å²) in [7, 11) is 1.60. The first-order valence-electron chi connectivity index (χ1n) is 10.6. The second-order valence-electron chi connectivity index (χ2n) is 9.45. The highest BCUT2D eigenvalue weighted by Gasteiger charge is 2.73. The van der Waals surface area contributed by atoms with E-state index in [-0.39, 0.29) is 17.9 Å². The van der Waals surface area contributed by atoms with Crippen LogP contribution in [0.5, 0.6) is 5.75 Å². The topological polar surface area (TPSA) is 90.9 Å². The Balaban J connectivity index is 1.66. The molecule has 1 spiro atoms. The number of aliphatic hydroxyl groups is 1. The van der Waals surface area contributed by atoms with Gasteiger partial charge in [-0.2, -0.15) is 0 Å². The van der Waals surface area contributed by atoms with Gasteiger partial charge in [0.1, 0.15) is 18.0 Å². The van der Waals surface area contributed by atoms with Crippen LogP contribution in [0.2, 0.25) is 0 Å². The van der Waals surface area contributed by atoms with Crippen molar-refractivity contribution in [3.63, 3.8) is 0 Å². The highest BCUT2D eigenvalue weighted by atomic mass is 19.1. The van der Waals surface area contributed by atoms with Crippen LogP contribution in [0.15, 0.2) is 18.2 Å². The number of halogens is 1. The fourth-order valence-corrected chi connectivity index (χ4v) is 6.92. The molecule has 7 nitrogen and oxygen atoms in total. The summed E-state index contributed by atoms with van der Waals surface area (Å²) in [6, 6.07) is 5.19. The molecule has 2 heterocycles. The number of imide groups is 1. The SMILES string of the molecule is COc1ccc(C)c(C23CC4CN(CCF)C4C2(O)CCC2(C3)NC(=O)NC2=O)c1. The molecule has 30 heavy (non-hydrogen) atoms. The Bertz CT molecular complexity index is 926. The number of rotatable bonds is 4. The van der Waals surface area contributed by atoms with Crippen molar-refractivity contribution >= 4 is 11.9 Å². The summed E-state index contributed by atoms with van der Waals surface area (Å²) < 4.78 is 18.6. The first kappa shape index (κ1) is 19.8. The van der Waals surface area contributed by atoms with E-state index in [9.17, 15) is 19.1 Å². The minimum atomic E-state index is -1.11. The lowest BCUT2D eigenvalue weighted by Crippen LogP contribution is -2.70. The predicted molar refractivity (Wildman–Crippen MR) is 107 cm³/mol. The summed E-state index contributed by atoms with van der Waals surface area (Å²) >= 11 is 0. The number of alkyl halides is 1. The Labute approximate surface area is 175 Å². The number of hydrogen-bond acceptors (Lipinski definition) is 5. The number of fused-ring (bicyclic) bond motifs is 3. The zero-order valence-electron chi connectivity index (χ0n) is 17.3. The van der Waals surface area contributed by atoms with Gasteiger partial charge >= 0.3 is 6.03 Å². The molecule has 0 aromatic heterocycles. The van der Waals surface area contributed by atoms with Gasteiger partial charge in [0.25, 0.3) is 5.91 Å². The summed E-state index contributed by atoms with van der Waals surface area (Å²) in [5, 5.41) is 17.5. The molecule has 3 amide bonds. The van der Waals surface area contributed by atoms with Gasteiger partial charge in [0.2, 0.25) is 0 Å². The molecule has 2 saturated heterocycles. The van der Waals surface area contributed by atoms with Gasteiger partial charge in [0.05, 0.1) is 12.7 Å². The lowest BCUT2D eigenvalue weighted by molar-refractivity contribution is -0.148. The van der Waals surface area contributed by atoms with E-state index in [1.807, 2.05) is 30.0 Å². The number of amides is 3. The largest absolute Gasteiger partial charge is 0.497 e. The Hall–Kier alpha value is -2.19. The monoisotopic (exact) mass is 417 g/mol. The van der Waals surface area contributed by atoms with Crippen LogP contribution in [0.4, 0.5) is 9.18 Å². The number of nitrogens with one attached hydrogen (secondary N) is 2. The van der Waals surface area contributed by atoms with E-state index in [1.165, 1.54) is 0 Å². The number of likely N-dealkylation sites (tertiary alicyclic amines) is 1. The maximum Gasteiger partial charge on any atom is 0.322 e. The molecule has 8 heteroatoms. The van der Waals surface area contributed by atoms with Crippen molar-refractivity contribution in [1.29, 1.82) is 0 Å². The Morgan fingerprint density at radius 2 is 2.13 bits per heavy atom. The number of carbonyl (C=O) groups is 2. The normalized spacial score (nSPS) is 39.9. The van der Waals surface area contributed by atoms with E-state index >= 15 is 0 Å². The fraction of sp³-hybridized carbons (Fsp3) is 0.636. The molecule has 2 saturated carbocycles. The van der Waals surface area contributed by atoms with Gasteiger partial charge < -0.3 is 15.2 Å². The molecule has 3 N–H and O–H groups in total.